The summed E-state index contributed by atoms with van der Waals surface area (Å²) in [7, 11) is 0. The number of hydrogen-bond acceptors (Lipinski definition) is 4. The molecule has 28 heavy (non-hydrogen) atoms. The van der Waals surface area contributed by atoms with Crippen LogP contribution in [-0.4, -0.2) is 65.7 Å². The van der Waals surface area contributed by atoms with Gasteiger partial charge in [0.15, 0.2) is 0 Å². The lowest BCUT2D eigenvalue weighted by Gasteiger charge is -2.45. The number of likely N-dealkylation sites (tertiary alicyclic amines) is 2. The van der Waals surface area contributed by atoms with Gasteiger partial charge in [-0.1, -0.05) is 13.8 Å². The first-order valence-electron chi connectivity index (χ1n) is 10.9. The predicted octanol–water partition coefficient (Wildman–Crippen LogP) is 3.51. The Balaban J connectivity index is 1.78. The number of carbonyl (C=O) groups is 2. The smallest absolute Gasteiger partial charge is 0.410 e. The molecule has 0 saturated carbocycles. The molecule has 0 aromatic heterocycles. The topological polar surface area (TPSA) is 61.9 Å². The van der Waals surface area contributed by atoms with Crippen molar-refractivity contribution >= 4 is 12.0 Å². The third-order valence-corrected chi connectivity index (χ3v) is 5.94. The summed E-state index contributed by atoms with van der Waals surface area (Å²) in [6.07, 6.45) is 2.41. The standard InChI is InChI=1S/C22H41N3O3/c1-16-12-17(2)14-25(13-16)22(6,7)15-23-19(26)18-8-10-24(11-9-18)20(27)28-21(3,4)5/h16-18H,8-15H2,1-7H3,(H,23,26). The van der Waals surface area contributed by atoms with Crippen LogP contribution in [0, 0.1) is 17.8 Å². The van der Waals surface area contributed by atoms with Crippen LogP contribution in [0.25, 0.3) is 0 Å². The Bertz CT molecular complexity index is 538. The van der Waals surface area contributed by atoms with E-state index in [0.717, 1.165) is 13.1 Å². The molecular weight excluding hydrogens is 354 g/mol. The van der Waals surface area contributed by atoms with Gasteiger partial charge in [-0.3, -0.25) is 9.69 Å². The highest BCUT2D eigenvalue weighted by molar-refractivity contribution is 5.79. The molecule has 0 aromatic rings. The summed E-state index contributed by atoms with van der Waals surface area (Å²) >= 11 is 0. The normalized spacial score (nSPS) is 25.5. The molecule has 6 heteroatoms. The van der Waals surface area contributed by atoms with Crippen LogP contribution >= 0.6 is 0 Å². The van der Waals surface area contributed by atoms with E-state index in [4.69, 9.17) is 4.74 Å². The molecule has 0 radical (unpaired) electrons. The van der Waals surface area contributed by atoms with Crippen LogP contribution in [0.15, 0.2) is 0 Å². The maximum absolute atomic E-state index is 12.7. The van der Waals surface area contributed by atoms with Gasteiger partial charge in [0.25, 0.3) is 0 Å². The maximum atomic E-state index is 12.7. The van der Waals surface area contributed by atoms with Crippen molar-refractivity contribution in [3.63, 3.8) is 0 Å². The number of carbonyl (C=O) groups excluding carboxylic acids is 2. The highest BCUT2D eigenvalue weighted by Gasteiger charge is 2.34. The fourth-order valence-electron chi connectivity index (χ4n) is 4.37. The summed E-state index contributed by atoms with van der Waals surface area (Å²) in [5, 5.41) is 3.19. The van der Waals surface area contributed by atoms with Gasteiger partial charge >= 0.3 is 6.09 Å². The Morgan fingerprint density at radius 2 is 1.54 bits per heavy atom. The Hall–Kier alpha value is -1.30. The number of rotatable bonds is 4. The van der Waals surface area contributed by atoms with Crippen molar-refractivity contribution in [1.29, 1.82) is 0 Å². The van der Waals surface area contributed by atoms with E-state index in [9.17, 15) is 9.59 Å². The van der Waals surface area contributed by atoms with Crippen LogP contribution in [0.1, 0.15) is 67.7 Å². The largest absolute Gasteiger partial charge is 0.444 e. The summed E-state index contributed by atoms with van der Waals surface area (Å²) in [6.45, 7) is 18.7. The van der Waals surface area contributed by atoms with Crippen LogP contribution in [0.2, 0.25) is 0 Å². The third kappa shape index (κ3) is 6.64. The van der Waals surface area contributed by atoms with Gasteiger partial charge in [0, 0.05) is 44.2 Å². The maximum Gasteiger partial charge on any atom is 0.410 e. The minimum Gasteiger partial charge on any atom is -0.444 e. The lowest BCUT2D eigenvalue weighted by atomic mass is 9.87. The van der Waals surface area contributed by atoms with E-state index in [1.165, 1.54) is 6.42 Å². The van der Waals surface area contributed by atoms with E-state index in [-0.39, 0.29) is 23.5 Å². The van der Waals surface area contributed by atoms with Crippen LogP contribution < -0.4 is 5.32 Å². The molecule has 2 fully saturated rings. The zero-order valence-electron chi connectivity index (χ0n) is 19.0. The molecule has 2 unspecified atom stereocenters. The molecule has 2 heterocycles. The van der Waals surface area contributed by atoms with E-state index in [1.54, 1.807) is 4.90 Å². The van der Waals surface area contributed by atoms with Gasteiger partial charge in [-0.15, -0.1) is 0 Å². The Morgan fingerprint density at radius 1 is 1.00 bits per heavy atom. The molecule has 0 aromatic carbocycles. The number of nitrogens with one attached hydrogen (secondary N) is 1. The first kappa shape index (κ1) is 23.0. The van der Waals surface area contributed by atoms with E-state index in [0.29, 0.717) is 44.3 Å². The van der Waals surface area contributed by atoms with Gasteiger partial charge in [-0.2, -0.15) is 0 Å². The van der Waals surface area contributed by atoms with Crippen molar-refractivity contribution in [2.24, 2.45) is 17.8 Å². The highest BCUT2D eigenvalue weighted by Crippen LogP contribution is 2.27. The van der Waals surface area contributed by atoms with E-state index < -0.39 is 5.60 Å². The van der Waals surface area contributed by atoms with Gasteiger partial charge in [-0.05, 0) is 65.7 Å². The molecular formula is C22H41N3O3. The van der Waals surface area contributed by atoms with Crippen LogP contribution in [0.3, 0.4) is 0 Å². The van der Waals surface area contributed by atoms with Crippen LogP contribution in [-0.2, 0) is 9.53 Å². The lowest BCUT2D eigenvalue weighted by Crippen LogP contribution is -2.56. The molecule has 2 saturated heterocycles. The monoisotopic (exact) mass is 395 g/mol. The molecule has 2 aliphatic rings. The summed E-state index contributed by atoms with van der Waals surface area (Å²) < 4.78 is 5.43. The molecule has 0 spiro atoms. The first-order valence-corrected chi connectivity index (χ1v) is 10.9. The molecule has 1 N–H and O–H groups in total. The Labute approximate surface area is 171 Å². The van der Waals surface area contributed by atoms with E-state index >= 15 is 0 Å². The van der Waals surface area contributed by atoms with Crippen molar-refractivity contribution in [1.82, 2.24) is 15.1 Å². The summed E-state index contributed by atoms with van der Waals surface area (Å²) in [5.74, 6) is 1.51. The highest BCUT2D eigenvalue weighted by atomic mass is 16.6. The number of ether oxygens (including phenoxy) is 1. The molecule has 2 rings (SSSR count). The molecule has 2 atom stereocenters. The SMILES string of the molecule is CC1CC(C)CN(C(C)(C)CNC(=O)C2CCN(C(=O)OC(C)(C)C)CC2)C1. The van der Waals surface area contributed by atoms with Gasteiger partial charge in [0.05, 0.1) is 0 Å². The first-order chi connectivity index (χ1) is 12.9. The fourth-order valence-corrected chi connectivity index (χ4v) is 4.37. The fraction of sp³-hybridized carbons (Fsp3) is 0.909. The number of piperidine rings is 2. The van der Waals surface area contributed by atoms with Crippen LogP contribution in [0.5, 0.6) is 0 Å². The number of amides is 2. The minimum atomic E-state index is -0.486. The molecule has 162 valence electrons. The predicted molar refractivity (Wildman–Crippen MR) is 112 cm³/mol. The van der Waals surface area contributed by atoms with Crippen molar-refractivity contribution in [2.45, 2.75) is 78.9 Å². The van der Waals surface area contributed by atoms with Crippen molar-refractivity contribution < 1.29 is 14.3 Å². The van der Waals surface area contributed by atoms with Crippen molar-refractivity contribution in [3.05, 3.63) is 0 Å². The zero-order chi connectivity index (χ0) is 21.1. The quantitative estimate of drug-likeness (QED) is 0.791. The molecule has 2 amide bonds. The molecule has 2 aliphatic heterocycles. The summed E-state index contributed by atoms with van der Waals surface area (Å²) in [4.78, 5) is 29.1. The molecule has 6 nitrogen and oxygen atoms in total. The van der Waals surface area contributed by atoms with Gasteiger partial charge in [0.2, 0.25) is 5.91 Å². The van der Waals surface area contributed by atoms with Crippen molar-refractivity contribution in [2.75, 3.05) is 32.7 Å². The molecule has 0 aliphatic carbocycles. The Kier molecular flexibility index (Phi) is 7.40. The zero-order valence-corrected chi connectivity index (χ0v) is 19.0. The molecule has 0 bridgehead atoms. The second-order valence-corrected chi connectivity index (χ2v) is 10.6. The van der Waals surface area contributed by atoms with Crippen molar-refractivity contribution in [3.8, 4) is 0 Å². The average molecular weight is 396 g/mol. The minimum absolute atomic E-state index is 0.0197. The van der Waals surface area contributed by atoms with Gasteiger partial charge < -0.3 is 15.0 Å². The second kappa shape index (κ2) is 9.02. The Morgan fingerprint density at radius 3 is 2.04 bits per heavy atom. The van der Waals surface area contributed by atoms with E-state index in [2.05, 4.69) is 37.9 Å². The third-order valence-electron chi connectivity index (χ3n) is 5.94. The van der Waals surface area contributed by atoms with Crippen LogP contribution in [0.4, 0.5) is 4.79 Å². The average Bonchev–Trinajstić information content (AvgIpc) is 2.57. The summed E-state index contributed by atoms with van der Waals surface area (Å²) in [5.41, 5.74) is -0.532. The van der Waals surface area contributed by atoms with E-state index in [1.807, 2.05) is 20.8 Å². The number of nitrogens with zero attached hydrogens (tertiary/aromatic N) is 2. The van der Waals surface area contributed by atoms with Gasteiger partial charge in [-0.25, -0.2) is 4.79 Å². The van der Waals surface area contributed by atoms with Gasteiger partial charge in [0.1, 0.15) is 5.60 Å². The second-order valence-electron chi connectivity index (χ2n) is 10.6. The lowest BCUT2D eigenvalue weighted by molar-refractivity contribution is -0.127. The number of hydrogen-bond donors (Lipinski definition) is 1. The summed E-state index contributed by atoms with van der Waals surface area (Å²) in [6, 6.07) is 0.